The van der Waals surface area contributed by atoms with Gasteiger partial charge in [-0.3, -0.25) is 0 Å². The van der Waals surface area contributed by atoms with E-state index in [9.17, 15) is 0 Å². The number of hydrogen-bond donors (Lipinski definition) is 0. The van der Waals surface area contributed by atoms with Crippen LogP contribution in [0.4, 0.5) is 0 Å². The molecule has 0 atom stereocenters. The zero-order valence-corrected chi connectivity index (χ0v) is 18.7. The Kier molecular flexibility index (Phi) is 16.6. The standard InChI is InChI=1S/C26H48N/c1-3-5-7-9-11-12-13-15-17-19-23-27-24-21-26(22-25-27)20-18-16-14-10-8-6-4-2/h21-22,24-25H,3-20,23H2,1-2H3/q+1. The van der Waals surface area contributed by atoms with Crippen molar-refractivity contribution in [3.63, 3.8) is 0 Å². The molecule has 1 rings (SSSR count). The number of pyridine rings is 1. The van der Waals surface area contributed by atoms with Gasteiger partial charge in [0.2, 0.25) is 0 Å². The van der Waals surface area contributed by atoms with E-state index in [1.54, 1.807) is 0 Å². The second kappa shape index (κ2) is 18.5. The first-order valence-corrected chi connectivity index (χ1v) is 12.3. The number of aromatic nitrogens is 1. The molecule has 0 amide bonds. The van der Waals surface area contributed by atoms with Crippen molar-refractivity contribution in [2.45, 2.75) is 136 Å². The highest BCUT2D eigenvalue weighted by molar-refractivity contribution is 5.07. The van der Waals surface area contributed by atoms with Crippen LogP contribution >= 0.6 is 0 Å². The van der Waals surface area contributed by atoms with Crippen molar-refractivity contribution >= 4 is 0 Å². The third kappa shape index (κ3) is 14.8. The van der Waals surface area contributed by atoms with E-state index >= 15 is 0 Å². The Morgan fingerprint density at radius 2 is 0.926 bits per heavy atom. The Balaban J connectivity index is 1.95. The molecule has 1 aromatic rings. The largest absolute Gasteiger partial charge is 0.205 e. The van der Waals surface area contributed by atoms with Gasteiger partial charge in [-0.25, -0.2) is 4.57 Å². The number of hydrogen-bond acceptors (Lipinski definition) is 0. The monoisotopic (exact) mass is 374 g/mol. The molecule has 0 saturated heterocycles. The lowest BCUT2D eigenvalue weighted by Crippen LogP contribution is -2.32. The minimum absolute atomic E-state index is 1.19. The lowest BCUT2D eigenvalue weighted by atomic mass is 10.1. The van der Waals surface area contributed by atoms with Crippen molar-refractivity contribution in [3.8, 4) is 0 Å². The summed E-state index contributed by atoms with van der Waals surface area (Å²) >= 11 is 0. The Bertz CT molecular complexity index is 409. The fourth-order valence-electron chi connectivity index (χ4n) is 3.87. The number of rotatable bonds is 19. The molecule has 0 saturated carbocycles. The maximum Gasteiger partial charge on any atom is 0.169 e. The van der Waals surface area contributed by atoms with Gasteiger partial charge in [0.1, 0.15) is 6.54 Å². The van der Waals surface area contributed by atoms with Crippen molar-refractivity contribution in [3.05, 3.63) is 30.1 Å². The zero-order chi connectivity index (χ0) is 19.4. The van der Waals surface area contributed by atoms with Gasteiger partial charge < -0.3 is 0 Å². The molecule has 0 aliphatic carbocycles. The molecule has 0 aliphatic rings. The predicted octanol–water partition coefficient (Wildman–Crippen LogP) is 8.19. The van der Waals surface area contributed by atoms with E-state index in [2.05, 4.69) is 42.9 Å². The molecule has 0 aromatic carbocycles. The van der Waals surface area contributed by atoms with E-state index in [0.717, 1.165) is 0 Å². The van der Waals surface area contributed by atoms with Crippen LogP contribution in [0.25, 0.3) is 0 Å². The lowest BCUT2D eigenvalue weighted by Gasteiger charge is -2.03. The Morgan fingerprint density at radius 1 is 0.519 bits per heavy atom. The smallest absolute Gasteiger partial charge is 0.169 e. The van der Waals surface area contributed by atoms with Crippen LogP contribution in [0.1, 0.15) is 129 Å². The van der Waals surface area contributed by atoms with Gasteiger partial charge in [-0.1, -0.05) is 104 Å². The van der Waals surface area contributed by atoms with Gasteiger partial charge in [0.05, 0.1) is 0 Å². The molecular formula is C26H48N+. The second-order valence-electron chi connectivity index (χ2n) is 8.50. The van der Waals surface area contributed by atoms with Crippen molar-refractivity contribution in [2.75, 3.05) is 0 Å². The molecule has 156 valence electrons. The van der Waals surface area contributed by atoms with Gasteiger partial charge in [0.15, 0.2) is 12.4 Å². The van der Waals surface area contributed by atoms with E-state index in [1.807, 2.05) is 0 Å². The Labute approximate surface area is 171 Å². The van der Waals surface area contributed by atoms with E-state index in [1.165, 1.54) is 128 Å². The highest BCUT2D eigenvalue weighted by atomic mass is 14.9. The Morgan fingerprint density at radius 3 is 1.41 bits per heavy atom. The lowest BCUT2D eigenvalue weighted by molar-refractivity contribution is -0.697. The summed E-state index contributed by atoms with van der Waals surface area (Å²) in [5.41, 5.74) is 1.52. The summed E-state index contributed by atoms with van der Waals surface area (Å²) in [5.74, 6) is 0. The minimum Gasteiger partial charge on any atom is -0.205 e. The summed E-state index contributed by atoms with van der Waals surface area (Å²) in [6, 6.07) is 4.68. The van der Waals surface area contributed by atoms with Crippen molar-refractivity contribution in [2.24, 2.45) is 0 Å². The molecule has 0 aliphatic heterocycles. The first-order chi connectivity index (χ1) is 13.4. The SMILES string of the molecule is CCCCCCCCCCCC[n+]1ccc(CCCCCCCCC)cc1. The zero-order valence-electron chi connectivity index (χ0n) is 18.7. The number of aryl methyl sites for hydroxylation is 2. The maximum absolute atomic E-state index is 2.37. The van der Waals surface area contributed by atoms with E-state index < -0.39 is 0 Å². The van der Waals surface area contributed by atoms with Gasteiger partial charge in [-0.05, 0) is 24.8 Å². The predicted molar refractivity (Wildman–Crippen MR) is 120 cm³/mol. The van der Waals surface area contributed by atoms with Crippen LogP contribution in [0.15, 0.2) is 24.5 Å². The molecule has 1 nitrogen and oxygen atoms in total. The van der Waals surface area contributed by atoms with Gasteiger partial charge in [0, 0.05) is 18.6 Å². The number of nitrogens with zero attached hydrogens (tertiary/aromatic N) is 1. The molecule has 0 bridgehead atoms. The van der Waals surface area contributed by atoms with Crippen LogP contribution in [0, 0.1) is 0 Å². The first kappa shape index (κ1) is 24.2. The normalized spacial score (nSPS) is 11.2. The molecule has 0 fully saturated rings. The fraction of sp³-hybridized carbons (Fsp3) is 0.808. The van der Waals surface area contributed by atoms with Crippen LogP contribution in [0.2, 0.25) is 0 Å². The number of unbranched alkanes of at least 4 members (excludes halogenated alkanes) is 15. The molecule has 0 N–H and O–H groups in total. The van der Waals surface area contributed by atoms with Gasteiger partial charge in [-0.15, -0.1) is 0 Å². The third-order valence-corrected chi connectivity index (χ3v) is 5.80. The molecule has 27 heavy (non-hydrogen) atoms. The molecule has 0 spiro atoms. The fourth-order valence-corrected chi connectivity index (χ4v) is 3.87. The quantitative estimate of drug-likeness (QED) is 0.170. The first-order valence-electron chi connectivity index (χ1n) is 12.3. The van der Waals surface area contributed by atoms with Crippen LogP contribution in [0.5, 0.6) is 0 Å². The molecular weight excluding hydrogens is 326 g/mol. The highest BCUT2D eigenvalue weighted by Gasteiger charge is 2.01. The molecule has 1 aromatic heterocycles. The summed E-state index contributed by atoms with van der Waals surface area (Å²) in [4.78, 5) is 0. The second-order valence-corrected chi connectivity index (χ2v) is 8.50. The summed E-state index contributed by atoms with van der Waals surface area (Å²) in [5, 5.41) is 0. The average molecular weight is 375 g/mol. The summed E-state index contributed by atoms with van der Waals surface area (Å²) < 4.78 is 2.37. The maximum atomic E-state index is 2.37. The molecule has 0 unspecified atom stereocenters. The van der Waals surface area contributed by atoms with E-state index in [4.69, 9.17) is 0 Å². The van der Waals surface area contributed by atoms with E-state index in [-0.39, 0.29) is 0 Å². The minimum atomic E-state index is 1.19. The van der Waals surface area contributed by atoms with Crippen LogP contribution in [-0.2, 0) is 13.0 Å². The summed E-state index contributed by atoms with van der Waals surface area (Å²) in [6.07, 6.45) is 29.8. The van der Waals surface area contributed by atoms with Crippen LogP contribution in [-0.4, -0.2) is 0 Å². The highest BCUT2D eigenvalue weighted by Crippen LogP contribution is 2.11. The third-order valence-electron chi connectivity index (χ3n) is 5.80. The molecule has 0 radical (unpaired) electrons. The average Bonchev–Trinajstić information content (AvgIpc) is 2.70. The van der Waals surface area contributed by atoms with Gasteiger partial charge in [0.25, 0.3) is 0 Å². The summed E-state index contributed by atoms with van der Waals surface area (Å²) in [6.45, 7) is 5.77. The molecule has 1 heteroatoms. The van der Waals surface area contributed by atoms with Gasteiger partial charge in [-0.2, -0.15) is 0 Å². The topological polar surface area (TPSA) is 3.88 Å². The van der Waals surface area contributed by atoms with Gasteiger partial charge >= 0.3 is 0 Å². The van der Waals surface area contributed by atoms with Crippen LogP contribution in [0.3, 0.4) is 0 Å². The summed E-state index contributed by atoms with van der Waals surface area (Å²) in [7, 11) is 0. The van der Waals surface area contributed by atoms with Crippen molar-refractivity contribution < 1.29 is 4.57 Å². The van der Waals surface area contributed by atoms with E-state index in [0.29, 0.717) is 0 Å². The Hall–Kier alpha value is -0.850. The van der Waals surface area contributed by atoms with Crippen molar-refractivity contribution in [1.29, 1.82) is 0 Å². The van der Waals surface area contributed by atoms with Crippen LogP contribution < -0.4 is 4.57 Å². The molecule has 1 heterocycles. The van der Waals surface area contributed by atoms with Crippen molar-refractivity contribution in [1.82, 2.24) is 0 Å².